The van der Waals surface area contributed by atoms with Crippen molar-refractivity contribution in [2.45, 2.75) is 6.18 Å². The molecule has 0 heterocycles. The number of carbonyl (C=O) groups is 1. The Morgan fingerprint density at radius 2 is 1.71 bits per heavy atom. The van der Waals surface area contributed by atoms with Crippen molar-refractivity contribution < 1.29 is 23.1 Å². The van der Waals surface area contributed by atoms with Gasteiger partial charge in [-0.15, -0.1) is 0 Å². The zero-order chi connectivity index (χ0) is 17.3. The van der Waals surface area contributed by atoms with Gasteiger partial charge in [0.25, 0.3) is 5.91 Å². The Bertz CT molecular complexity index is 920. The smallest absolute Gasteiger partial charge is 0.416 e. The number of phenols is 1. The van der Waals surface area contributed by atoms with Crippen LogP contribution in [0.15, 0.2) is 60.7 Å². The Balaban J connectivity index is 1.98. The molecule has 0 atom stereocenters. The number of halogens is 3. The molecule has 0 fully saturated rings. The van der Waals surface area contributed by atoms with Crippen molar-refractivity contribution in [3.05, 3.63) is 71.8 Å². The maximum atomic E-state index is 12.7. The number of benzene rings is 3. The number of aromatic hydroxyl groups is 1. The minimum Gasteiger partial charge on any atom is -0.507 e. The molecule has 0 bridgehead atoms. The standard InChI is InChI=1S/C18H12F3NO2/c19-18(20,21)12-5-3-6-13(10-12)22-17(24)16-14-7-2-1-4-11(14)8-9-15(16)23/h1-10,23H,(H,22,24). The Hall–Kier alpha value is -3.02. The predicted octanol–water partition coefficient (Wildman–Crippen LogP) is 4.82. The Kier molecular flexibility index (Phi) is 3.89. The molecule has 3 aromatic rings. The van der Waals surface area contributed by atoms with Gasteiger partial charge in [0, 0.05) is 5.69 Å². The highest BCUT2D eigenvalue weighted by molar-refractivity contribution is 6.14. The zero-order valence-electron chi connectivity index (χ0n) is 12.3. The normalized spacial score (nSPS) is 11.5. The molecule has 3 nitrogen and oxygen atoms in total. The van der Waals surface area contributed by atoms with Gasteiger partial charge >= 0.3 is 6.18 Å². The Morgan fingerprint density at radius 3 is 2.46 bits per heavy atom. The maximum Gasteiger partial charge on any atom is 0.416 e. The first-order valence-corrected chi connectivity index (χ1v) is 7.05. The molecule has 0 aromatic heterocycles. The second-order valence-electron chi connectivity index (χ2n) is 5.21. The van der Waals surface area contributed by atoms with E-state index in [-0.39, 0.29) is 17.0 Å². The number of phenolic OH excluding ortho intramolecular Hbond substituents is 1. The van der Waals surface area contributed by atoms with E-state index in [1.165, 1.54) is 18.2 Å². The number of rotatable bonds is 2. The molecule has 122 valence electrons. The summed E-state index contributed by atoms with van der Waals surface area (Å²) in [7, 11) is 0. The molecule has 1 amide bonds. The van der Waals surface area contributed by atoms with Crippen molar-refractivity contribution in [2.75, 3.05) is 5.32 Å². The lowest BCUT2D eigenvalue weighted by molar-refractivity contribution is -0.137. The summed E-state index contributed by atoms with van der Waals surface area (Å²) in [5.74, 6) is -0.915. The molecular formula is C18H12F3NO2. The van der Waals surface area contributed by atoms with Crippen molar-refractivity contribution in [2.24, 2.45) is 0 Å². The number of hydrogen-bond donors (Lipinski definition) is 2. The molecule has 6 heteroatoms. The summed E-state index contributed by atoms with van der Waals surface area (Å²) < 4.78 is 38.2. The van der Waals surface area contributed by atoms with Crippen molar-refractivity contribution in [1.29, 1.82) is 0 Å². The van der Waals surface area contributed by atoms with Gasteiger partial charge in [-0.3, -0.25) is 4.79 Å². The van der Waals surface area contributed by atoms with E-state index >= 15 is 0 Å². The van der Waals surface area contributed by atoms with Gasteiger partial charge in [-0.25, -0.2) is 0 Å². The summed E-state index contributed by atoms with van der Waals surface area (Å²) in [5.41, 5.74) is -0.838. The molecule has 0 radical (unpaired) electrons. The number of amides is 1. The predicted molar refractivity (Wildman–Crippen MR) is 85.0 cm³/mol. The van der Waals surface area contributed by atoms with Crippen LogP contribution in [0.5, 0.6) is 5.75 Å². The van der Waals surface area contributed by atoms with Crippen LogP contribution in [-0.2, 0) is 6.18 Å². The summed E-state index contributed by atoms with van der Waals surface area (Å²) in [6.07, 6.45) is -4.50. The fraction of sp³-hybridized carbons (Fsp3) is 0.0556. The van der Waals surface area contributed by atoms with E-state index in [1.54, 1.807) is 30.3 Å². The molecule has 24 heavy (non-hydrogen) atoms. The van der Waals surface area contributed by atoms with Crippen LogP contribution in [0.25, 0.3) is 10.8 Å². The van der Waals surface area contributed by atoms with Gasteiger partial charge in [-0.05, 0) is 35.0 Å². The summed E-state index contributed by atoms with van der Waals surface area (Å²) in [6, 6.07) is 14.3. The van der Waals surface area contributed by atoms with Crippen LogP contribution in [0.3, 0.4) is 0 Å². The van der Waals surface area contributed by atoms with Gasteiger partial charge in [-0.2, -0.15) is 13.2 Å². The lowest BCUT2D eigenvalue weighted by Crippen LogP contribution is -2.14. The SMILES string of the molecule is O=C(Nc1cccc(C(F)(F)F)c1)c1c(O)ccc2ccccc12. The number of anilines is 1. The average molecular weight is 331 g/mol. The van der Waals surface area contributed by atoms with Crippen molar-refractivity contribution in [1.82, 2.24) is 0 Å². The quantitative estimate of drug-likeness (QED) is 0.707. The minimum absolute atomic E-state index is 0.00200. The number of hydrogen-bond acceptors (Lipinski definition) is 2. The largest absolute Gasteiger partial charge is 0.507 e. The summed E-state index contributed by atoms with van der Waals surface area (Å²) in [4.78, 5) is 12.5. The Morgan fingerprint density at radius 1 is 0.958 bits per heavy atom. The van der Waals surface area contributed by atoms with Gasteiger partial charge < -0.3 is 10.4 Å². The second-order valence-corrected chi connectivity index (χ2v) is 5.21. The van der Waals surface area contributed by atoms with Crippen LogP contribution < -0.4 is 5.32 Å². The molecule has 3 rings (SSSR count). The van der Waals surface area contributed by atoms with Crippen LogP contribution in [0.4, 0.5) is 18.9 Å². The molecular weight excluding hydrogens is 319 g/mol. The van der Waals surface area contributed by atoms with Crippen molar-refractivity contribution in [3.8, 4) is 5.75 Å². The first kappa shape index (κ1) is 15.9. The van der Waals surface area contributed by atoms with Crippen LogP contribution >= 0.6 is 0 Å². The molecule has 0 aliphatic heterocycles. The third-order valence-electron chi connectivity index (χ3n) is 3.58. The number of fused-ring (bicyclic) bond motifs is 1. The molecule has 0 aliphatic rings. The van der Waals surface area contributed by atoms with E-state index in [0.29, 0.717) is 5.39 Å². The number of alkyl halides is 3. The topological polar surface area (TPSA) is 49.3 Å². The summed E-state index contributed by atoms with van der Waals surface area (Å²) >= 11 is 0. The van der Waals surface area contributed by atoms with Crippen LogP contribution in [0.1, 0.15) is 15.9 Å². The highest BCUT2D eigenvalue weighted by Crippen LogP contribution is 2.32. The lowest BCUT2D eigenvalue weighted by Gasteiger charge is -2.12. The molecule has 0 saturated carbocycles. The first-order valence-electron chi connectivity index (χ1n) is 7.05. The summed E-state index contributed by atoms with van der Waals surface area (Å²) in [5, 5.41) is 13.7. The van der Waals surface area contributed by atoms with Crippen LogP contribution in [0, 0.1) is 0 Å². The fourth-order valence-corrected chi connectivity index (χ4v) is 2.47. The second kappa shape index (κ2) is 5.88. The molecule has 0 spiro atoms. The number of nitrogens with one attached hydrogen (secondary N) is 1. The van der Waals surface area contributed by atoms with Crippen LogP contribution in [0.2, 0.25) is 0 Å². The Labute approximate surface area is 135 Å². The lowest BCUT2D eigenvalue weighted by atomic mass is 10.0. The van der Waals surface area contributed by atoms with Crippen LogP contribution in [-0.4, -0.2) is 11.0 Å². The van der Waals surface area contributed by atoms with E-state index in [9.17, 15) is 23.1 Å². The molecule has 0 saturated heterocycles. The maximum absolute atomic E-state index is 12.7. The van der Waals surface area contributed by atoms with Gasteiger partial charge in [0.05, 0.1) is 11.1 Å². The van der Waals surface area contributed by atoms with Gasteiger partial charge in [0.1, 0.15) is 5.75 Å². The van der Waals surface area contributed by atoms with Crippen molar-refractivity contribution >= 4 is 22.4 Å². The van der Waals surface area contributed by atoms with Gasteiger partial charge in [0.15, 0.2) is 0 Å². The number of carbonyl (C=O) groups excluding carboxylic acids is 1. The van der Waals surface area contributed by atoms with Gasteiger partial charge in [0.2, 0.25) is 0 Å². The first-order chi connectivity index (χ1) is 11.4. The molecule has 0 unspecified atom stereocenters. The summed E-state index contributed by atoms with van der Waals surface area (Å²) in [6.45, 7) is 0. The van der Waals surface area contributed by atoms with E-state index < -0.39 is 17.6 Å². The zero-order valence-corrected chi connectivity index (χ0v) is 12.3. The van der Waals surface area contributed by atoms with Crippen molar-refractivity contribution in [3.63, 3.8) is 0 Å². The third-order valence-corrected chi connectivity index (χ3v) is 3.58. The third kappa shape index (κ3) is 3.03. The van der Waals surface area contributed by atoms with Gasteiger partial charge in [-0.1, -0.05) is 36.4 Å². The molecule has 0 aliphatic carbocycles. The highest BCUT2D eigenvalue weighted by atomic mass is 19.4. The minimum atomic E-state index is -4.50. The van der Waals surface area contributed by atoms with E-state index in [1.807, 2.05) is 0 Å². The highest BCUT2D eigenvalue weighted by Gasteiger charge is 2.30. The van der Waals surface area contributed by atoms with E-state index in [4.69, 9.17) is 0 Å². The van der Waals surface area contributed by atoms with E-state index in [2.05, 4.69) is 5.32 Å². The molecule has 3 aromatic carbocycles. The fourth-order valence-electron chi connectivity index (χ4n) is 2.47. The monoisotopic (exact) mass is 331 g/mol. The molecule has 2 N–H and O–H groups in total. The average Bonchev–Trinajstić information content (AvgIpc) is 2.54. The van der Waals surface area contributed by atoms with E-state index in [0.717, 1.165) is 17.5 Å².